The normalized spacial score (nSPS) is 19.1. The number of carbonyl (C=O) groups excluding carboxylic acids is 3. The van der Waals surface area contributed by atoms with Crippen molar-refractivity contribution in [2.45, 2.75) is 25.9 Å². The Bertz CT molecular complexity index is 947. The highest BCUT2D eigenvalue weighted by molar-refractivity contribution is 6.04. The average molecular weight is 393 g/mol. The average Bonchev–Trinajstić information content (AvgIpc) is 2.91. The zero-order chi connectivity index (χ0) is 20.4. The lowest BCUT2D eigenvalue weighted by atomic mass is 10.1. The van der Waals surface area contributed by atoms with Gasteiger partial charge in [0.05, 0.1) is 24.3 Å². The van der Waals surface area contributed by atoms with Crippen molar-refractivity contribution in [1.82, 2.24) is 15.2 Å². The van der Waals surface area contributed by atoms with Crippen molar-refractivity contribution in [2.75, 3.05) is 29.9 Å². The summed E-state index contributed by atoms with van der Waals surface area (Å²) in [6, 6.07) is 11.3. The number of pyridine rings is 1. The lowest BCUT2D eigenvalue weighted by Gasteiger charge is -2.31. The maximum Gasteiger partial charge on any atom is 0.255 e. The first-order valence-electron chi connectivity index (χ1n) is 9.69. The molecule has 0 saturated carbocycles. The first-order valence-corrected chi connectivity index (χ1v) is 9.69. The van der Waals surface area contributed by atoms with Gasteiger partial charge in [0.15, 0.2) is 5.82 Å². The molecule has 0 spiro atoms. The minimum atomic E-state index is -0.193. The number of hydrogen-bond acceptors (Lipinski definition) is 5. The number of rotatable bonds is 3. The molecule has 4 rings (SSSR count). The maximum atomic E-state index is 13.1. The minimum absolute atomic E-state index is 0.0560. The van der Waals surface area contributed by atoms with Crippen LogP contribution in [0.15, 0.2) is 42.6 Å². The smallest absolute Gasteiger partial charge is 0.255 e. The molecule has 1 fully saturated rings. The number of fused-ring (bicyclic) bond motifs is 1. The van der Waals surface area contributed by atoms with E-state index in [9.17, 15) is 14.4 Å². The quantitative estimate of drug-likeness (QED) is 0.822. The Kier molecular flexibility index (Phi) is 5.16. The monoisotopic (exact) mass is 393 g/mol. The SMILES string of the molecule is CC1CNC(=O)CCN1C(=O)c1cnc2c(c1)N(Cc1ccccc1)C(=O)CN2. The van der Waals surface area contributed by atoms with Crippen molar-refractivity contribution in [2.24, 2.45) is 0 Å². The fourth-order valence-electron chi connectivity index (χ4n) is 3.61. The summed E-state index contributed by atoms with van der Waals surface area (Å²) in [5.41, 5.74) is 1.99. The van der Waals surface area contributed by atoms with Crippen LogP contribution in [0.1, 0.15) is 29.3 Å². The van der Waals surface area contributed by atoms with Crippen LogP contribution in [0, 0.1) is 0 Å². The predicted octanol–water partition coefficient (Wildman–Crippen LogP) is 1.39. The van der Waals surface area contributed by atoms with Gasteiger partial charge in [0, 0.05) is 31.7 Å². The number of anilines is 2. The van der Waals surface area contributed by atoms with E-state index in [0.717, 1.165) is 5.56 Å². The molecule has 2 N–H and O–H groups in total. The number of benzene rings is 1. The van der Waals surface area contributed by atoms with E-state index in [0.29, 0.717) is 36.7 Å². The third-order valence-corrected chi connectivity index (χ3v) is 5.26. The molecule has 150 valence electrons. The van der Waals surface area contributed by atoms with Gasteiger partial charge in [-0.25, -0.2) is 4.98 Å². The fourth-order valence-corrected chi connectivity index (χ4v) is 3.61. The summed E-state index contributed by atoms with van der Waals surface area (Å²) in [7, 11) is 0. The Hall–Kier alpha value is -3.42. The highest BCUT2D eigenvalue weighted by atomic mass is 16.2. The van der Waals surface area contributed by atoms with Gasteiger partial charge in [-0.05, 0) is 18.6 Å². The van der Waals surface area contributed by atoms with E-state index in [1.54, 1.807) is 15.9 Å². The van der Waals surface area contributed by atoms with Gasteiger partial charge in [-0.1, -0.05) is 30.3 Å². The van der Waals surface area contributed by atoms with E-state index in [-0.39, 0.29) is 36.7 Å². The highest BCUT2D eigenvalue weighted by Gasteiger charge is 2.29. The molecule has 1 unspecified atom stereocenters. The molecule has 1 atom stereocenters. The van der Waals surface area contributed by atoms with Crippen LogP contribution in [0.25, 0.3) is 0 Å². The number of carbonyl (C=O) groups is 3. The van der Waals surface area contributed by atoms with Crippen LogP contribution in [-0.2, 0) is 16.1 Å². The molecule has 3 amide bonds. The molecule has 0 bridgehead atoms. The molecule has 29 heavy (non-hydrogen) atoms. The Balaban J connectivity index is 1.63. The van der Waals surface area contributed by atoms with Gasteiger partial charge in [-0.2, -0.15) is 0 Å². The van der Waals surface area contributed by atoms with E-state index in [1.165, 1.54) is 6.20 Å². The second-order valence-corrected chi connectivity index (χ2v) is 7.31. The van der Waals surface area contributed by atoms with Crippen LogP contribution < -0.4 is 15.5 Å². The molecule has 3 heterocycles. The summed E-state index contributed by atoms with van der Waals surface area (Å²) >= 11 is 0. The molecular formula is C21H23N5O3. The van der Waals surface area contributed by atoms with Crippen molar-refractivity contribution in [3.8, 4) is 0 Å². The van der Waals surface area contributed by atoms with Gasteiger partial charge >= 0.3 is 0 Å². The Morgan fingerprint density at radius 1 is 1.21 bits per heavy atom. The third kappa shape index (κ3) is 3.91. The van der Waals surface area contributed by atoms with Crippen molar-refractivity contribution in [3.63, 3.8) is 0 Å². The van der Waals surface area contributed by atoms with Crippen LogP contribution in [0.4, 0.5) is 11.5 Å². The van der Waals surface area contributed by atoms with Gasteiger partial charge < -0.3 is 20.4 Å². The zero-order valence-corrected chi connectivity index (χ0v) is 16.2. The summed E-state index contributed by atoms with van der Waals surface area (Å²) in [5.74, 6) is 0.255. The molecule has 1 aromatic heterocycles. The number of nitrogens with one attached hydrogen (secondary N) is 2. The van der Waals surface area contributed by atoms with Crippen LogP contribution in [-0.4, -0.2) is 53.3 Å². The molecule has 8 heteroatoms. The lowest BCUT2D eigenvalue weighted by Crippen LogP contribution is -2.42. The topological polar surface area (TPSA) is 94.6 Å². The van der Waals surface area contributed by atoms with Crippen LogP contribution >= 0.6 is 0 Å². The molecular weight excluding hydrogens is 370 g/mol. The zero-order valence-electron chi connectivity index (χ0n) is 16.2. The van der Waals surface area contributed by atoms with Crippen molar-refractivity contribution in [1.29, 1.82) is 0 Å². The number of hydrogen-bond donors (Lipinski definition) is 2. The Morgan fingerprint density at radius 2 is 2.00 bits per heavy atom. The summed E-state index contributed by atoms with van der Waals surface area (Å²) in [5, 5.41) is 5.83. The summed E-state index contributed by atoms with van der Waals surface area (Å²) in [6.07, 6.45) is 1.80. The Morgan fingerprint density at radius 3 is 2.79 bits per heavy atom. The van der Waals surface area contributed by atoms with Gasteiger partial charge in [-0.3, -0.25) is 14.4 Å². The highest BCUT2D eigenvalue weighted by Crippen LogP contribution is 2.30. The molecule has 8 nitrogen and oxygen atoms in total. The second-order valence-electron chi connectivity index (χ2n) is 7.31. The molecule has 2 aliphatic heterocycles. The van der Waals surface area contributed by atoms with Gasteiger partial charge in [0.25, 0.3) is 5.91 Å². The Labute approximate surface area is 168 Å². The molecule has 0 aliphatic carbocycles. The minimum Gasteiger partial charge on any atom is -0.359 e. The predicted molar refractivity (Wildman–Crippen MR) is 108 cm³/mol. The summed E-state index contributed by atoms with van der Waals surface area (Å²) in [6.45, 7) is 3.25. The third-order valence-electron chi connectivity index (χ3n) is 5.26. The molecule has 1 saturated heterocycles. The van der Waals surface area contributed by atoms with E-state index in [4.69, 9.17) is 0 Å². The second kappa shape index (κ2) is 7.90. The number of aromatic nitrogens is 1. The van der Waals surface area contributed by atoms with Crippen molar-refractivity contribution in [3.05, 3.63) is 53.7 Å². The summed E-state index contributed by atoms with van der Waals surface area (Å²) < 4.78 is 0. The molecule has 2 aliphatic rings. The molecule has 1 aromatic carbocycles. The lowest BCUT2D eigenvalue weighted by molar-refractivity contribution is -0.120. The van der Waals surface area contributed by atoms with Crippen LogP contribution in [0.5, 0.6) is 0 Å². The van der Waals surface area contributed by atoms with E-state index < -0.39 is 0 Å². The van der Waals surface area contributed by atoms with Crippen molar-refractivity contribution >= 4 is 29.2 Å². The van der Waals surface area contributed by atoms with Crippen LogP contribution in [0.2, 0.25) is 0 Å². The van der Waals surface area contributed by atoms with E-state index in [2.05, 4.69) is 15.6 Å². The largest absolute Gasteiger partial charge is 0.359 e. The maximum absolute atomic E-state index is 13.1. The number of amides is 3. The first-order chi connectivity index (χ1) is 14.0. The number of nitrogens with zero attached hydrogens (tertiary/aromatic N) is 3. The van der Waals surface area contributed by atoms with E-state index >= 15 is 0 Å². The van der Waals surface area contributed by atoms with Gasteiger partial charge in [-0.15, -0.1) is 0 Å². The van der Waals surface area contributed by atoms with E-state index in [1.807, 2.05) is 37.3 Å². The van der Waals surface area contributed by atoms with Gasteiger partial charge in [0.2, 0.25) is 11.8 Å². The standard InChI is InChI=1S/C21H23N5O3/c1-14-10-22-18(27)7-8-25(14)21(29)16-9-17-20(23-11-16)24-12-19(28)26(17)13-15-5-3-2-4-6-15/h2-6,9,11,14H,7-8,10,12-13H2,1H3,(H,22,27)(H,23,24). The summed E-state index contributed by atoms with van der Waals surface area (Å²) in [4.78, 5) is 45.1. The first kappa shape index (κ1) is 18.9. The van der Waals surface area contributed by atoms with Crippen molar-refractivity contribution < 1.29 is 14.4 Å². The molecule has 0 radical (unpaired) electrons. The fraction of sp³-hybridized carbons (Fsp3) is 0.333. The van der Waals surface area contributed by atoms with Gasteiger partial charge in [0.1, 0.15) is 0 Å². The van der Waals surface area contributed by atoms with Crippen LogP contribution in [0.3, 0.4) is 0 Å². The molecule has 2 aromatic rings.